The molecule has 0 heteroatoms. The molecule has 0 unspecified atom stereocenters. The molecule has 0 bridgehead atoms. The van der Waals surface area contributed by atoms with Gasteiger partial charge in [0, 0.05) is 0 Å². The van der Waals surface area contributed by atoms with E-state index in [1.165, 1.54) is 32.1 Å². The van der Waals surface area contributed by atoms with Crippen LogP contribution >= 0.6 is 0 Å². The highest BCUT2D eigenvalue weighted by molar-refractivity contribution is 5.25. The summed E-state index contributed by atoms with van der Waals surface area (Å²) >= 11 is 0. The molecular formula is C10H16. The Labute approximate surface area is 63.6 Å². The predicted octanol–water partition coefficient (Wildman–Crippen LogP) is 3.45. The van der Waals surface area contributed by atoms with Gasteiger partial charge in [-0.1, -0.05) is 43.6 Å². The van der Waals surface area contributed by atoms with Gasteiger partial charge < -0.3 is 0 Å². The van der Waals surface area contributed by atoms with Crippen LogP contribution in [0.1, 0.15) is 39.0 Å². The third kappa shape index (κ3) is 2.38. The molecule has 0 spiro atoms. The van der Waals surface area contributed by atoms with E-state index in [2.05, 4.69) is 25.2 Å². The van der Waals surface area contributed by atoms with Crippen LogP contribution in [0, 0.1) is 0 Å². The number of unbranched alkanes of at least 4 members (excludes halogenated alkanes) is 2. The van der Waals surface area contributed by atoms with Crippen LogP contribution in [0.2, 0.25) is 0 Å². The van der Waals surface area contributed by atoms with Gasteiger partial charge in [-0.3, -0.25) is 0 Å². The predicted molar refractivity (Wildman–Crippen MR) is 46.0 cm³/mol. The summed E-state index contributed by atoms with van der Waals surface area (Å²) in [4.78, 5) is 0. The molecule has 0 heterocycles. The van der Waals surface area contributed by atoms with Gasteiger partial charge >= 0.3 is 0 Å². The van der Waals surface area contributed by atoms with Crippen molar-refractivity contribution in [3.63, 3.8) is 0 Å². The van der Waals surface area contributed by atoms with Gasteiger partial charge in [0.2, 0.25) is 0 Å². The minimum absolute atomic E-state index is 1.17. The molecule has 0 aliphatic heterocycles. The van der Waals surface area contributed by atoms with Gasteiger partial charge in [0.05, 0.1) is 0 Å². The maximum absolute atomic E-state index is 2.33. The Balaban J connectivity index is 2.08. The lowest BCUT2D eigenvalue weighted by molar-refractivity contribution is 0.719. The Bertz CT molecular complexity index is 140. The summed E-state index contributed by atoms with van der Waals surface area (Å²) in [6.45, 7) is 2.25. The standard InChI is InChI=1S/C10H16/c1-2-3-4-7-10-8-5-6-9-10/h5,8-9H,2-4,6-7H2,1H3. The van der Waals surface area contributed by atoms with Crippen LogP contribution in [0.25, 0.3) is 0 Å². The summed E-state index contributed by atoms with van der Waals surface area (Å²) in [6.07, 6.45) is 13.4. The molecule has 1 aliphatic rings. The zero-order valence-corrected chi connectivity index (χ0v) is 6.77. The maximum atomic E-state index is 2.33. The van der Waals surface area contributed by atoms with Crippen molar-refractivity contribution >= 4 is 0 Å². The van der Waals surface area contributed by atoms with E-state index >= 15 is 0 Å². The molecule has 10 heavy (non-hydrogen) atoms. The molecule has 0 saturated heterocycles. The van der Waals surface area contributed by atoms with Crippen LogP contribution in [0.3, 0.4) is 0 Å². The second kappa shape index (κ2) is 4.32. The topological polar surface area (TPSA) is 0 Å². The average Bonchev–Trinajstić information content (AvgIpc) is 2.41. The summed E-state index contributed by atoms with van der Waals surface area (Å²) in [5, 5.41) is 0. The molecule has 0 radical (unpaired) electrons. The van der Waals surface area contributed by atoms with Gasteiger partial charge in [-0.05, 0) is 19.3 Å². The fourth-order valence-corrected chi connectivity index (χ4v) is 1.27. The van der Waals surface area contributed by atoms with Crippen LogP contribution < -0.4 is 0 Å². The quantitative estimate of drug-likeness (QED) is 0.519. The molecule has 0 fully saturated rings. The van der Waals surface area contributed by atoms with Crippen LogP contribution in [-0.4, -0.2) is 0 Å². The fraction of sp³-hybridized carbons (Fsp3) is 0.600. The Hall–Kier alpha value is -0.520. The van der Waals surface area contributed by atoms with Crippen molar-refractivity contribution in [1.29, 1.82) is 0 Å². The zero-order chi connectivity index (χ0) is 7.23. The first kappa shape index (κ1) is 7.59. The molecular weight excluding hydrogens is 120 g/mol. The highest BCUT2D eigenvalue weighted by Crippen LogP contribution is 2.15. The van der Waals surface area contributed by atoms with E-state index in [9.17, 15) is 0 Å². The number of rotatable bonds is 4. The highest BCUT2D eigenvalue weighted by atomic mass is 14.0. The molecule has 0 aromatic heterocycles. The van der Waals surface area contributed by atoms with Gasteiger partial charge in [0.1, 0.15) is 0 Å². The van der Waals surface area contributed by atoms with E-state index in [-0.39, 0.29) is 0 Å². The van der Waals surface area contributed by atoms with Crippen molar-refractivity contribution in [2.75, 3.05) is 0 Å². The van der Waals surface area contributed by atoms with Gasteiger partial charge in [-0.25, -0.2) is 0 Å². The number of allylic oxidation sites excluding steroid dienone is 4. The highest BCUT2D eigenvalue weighted by Gasteiger charge is 1.95. The van der Waals surface area contributed by atoms with E-state index in [1.807, 2.05) is 0 Å². The zero-order valence-electron chi connectivity index (χ0n) is 6.77. The average molecular weight is 136 g/mol. The second-order valence-electron chi connectivity index (χ2n) is 2.87. The van der Waals surface area contributed by atoms with Crippen LogP contribution in [0.4, 0.5) is 0 Å². The Morgan fingerprint density at radius 1 is 1.40 bits per heavy atom. The van der Waals surface area contributed by atoms with Crippen LogP contribution in [0.15, 0.2) is 23.8 Å². The summed E-state index contributed by atoms with van der Waals surface area (Å²) in [7, 11) is 0. The first-order valence-corrected chi connectivity index (χ1v) is 4.29. The molecule has 0 aromatic rings. The lowest BCUT2D eigenvalue weighted by Gasteiger charge is -1.96. The first-order valence-electron chi connectivity index (χ1n) is 4.29. The molecule has 0 N–H and O–H groups in total. The summed E-state index contributed by atoms with van der Waals surface area (Å²) in [6, 6.07) is 0. The van der Waals surface area contributed by atoms with Crippen molar-refractivity contribution in [3.05, 3.63) is 23.8 Å². The minimum atomic E-state index is 1.17. The molecule has 0 atom stereocenters. The van der Waals surface area contributed by atoms with Gasteiger partial charge in [0.25, 0.3) is 0 Å². The van der Waals surface area contributed by atoms with Crippen LogP contribution in [-0.2, 0) is 0 Å². The molecule has 0 amide bonds. The monoisotopic (exact) mass is 136 g/mol. The number of hydrogen-bond donors (Lipinski definition) is 0. The minimum Gasteiger partial charge on any atom is -0.0805 e. The largest absolute Gasteiger partial charge is 0.0805 e. The molecule has 0 nitrogen and oxygen atoms in total. The molecule has 0 aromatic carbocycles. The lowest BCUT2D eigenvalue weighted by atomic mass is 10.1. The number of hydrogen-bond acceptors (Lipinski definition) is 0. The lowest BCUT2D eigenvalue weighted by Crippen LogP contribution is -1.76. The van der Waals surface area contributed by atoms with Crippen molar-refractivity contribution in [1.82, 2.24) is 0 Å². The van der Waals surface area contributed by atoms with E-state index in [0.29, 0.717) is 0 Å². The molecule has 56 valence electrons. The van der Waals surface area contributed by atoms with E-state index in [0.717, 1.165) is 0 Å². The Morgan fingerprint density at radius 2 is 2.30 bits per heavy atom. The molecule has 1 aliphatic carbocycles. The first-order chi connectivity index (χ1) is 4.93. The second-order valence-corrected chi connectivity index (χ2v) is 2.87. The normalized spacial score (nSPS) is 15.9. The Kier molecular flexibility index (Phi) is 3.28. The van der Waals surface area contributed by atoms with E-state index < -0.39 is 0 Å². The summed E-state index contributed by atoms with van der Waals surface area (Å²) in [5.41, 5.74) is 1.55. The summed E-state index contributed by atoms with van der Waals surface area (Å²) in [5.74, 6) is 0. The Morgan fingerprint density at radius 3 is 2.90 bits per heavy atom. The SMILES string of the molecule is CCCCCC1=CCC=C1. The van der Waals surface area contributed by atoms with Gasteiger partial charge in [0.15, 0.2) is 0 Å². The van der Waals surface area contributed by atoms with E-state index in [1.54, 1.807) is 5.57 Å². The summed E-state index contributed by atoms with van der Waals surface area (Å²) < 4.78 is 0. The van der Waals surface area contributed by atoms with Crippen molar-refractivity contribution in [2.45, 2.75) is 39.0 Å². The van der Waals surface area contributed by atoms with Crippen molar-refractivity contribution in [2.24, 2.45) is 0 Å². The smallest absolute Gasteiger partial charge is 0.0160 e. The third-order valence-corrected chi connectivity index (χ3v) is 1.92. The maximum Gasteiger partial charge on any atom is -0.0160 e. The molecule has 1 rings (SSSR count). The molecule has 0 saturated carbocycles. The van der Waals surface area contributed by atoms with Crippen molar-refractivity contribution < 1.29 is 0 Å². The van der Waals surface area contributed by atoms with Crippen LogP contribution in [0.5, 0.6) is 0 Å². The fourth-order valence-electron chi connectivity index (χ4n) is 1.27. The van der Waals surface area contributed by atoms with Gasteiger partial charge in [-0.15, -0.1) is 0 Å². The van der Waals surface area contributed by atoms with Crippen molar-refractivity contribution in [3.8, 4) is 0 Å². The van der Waals surface area contributed by atoms with Gasteiger partial charge in [-0.2, -0.15) is 0 Å². The van der Waals surface area contributed by atoms with E-state index in [4.69, 9.17) is 0 Å². The third-order valence-electron chi connectivity index (χ3n) is 1.92.